The molecule has 0 aliphatic rings. The molecule has 1 atom stereocenters. The second-order valence-electron chi connectivity index (χ2n) is 4.24. The molecule has 0 radical (unpaired) electrons. The third-order valence-corrected chi connectivity index (χ3v) is 3.12. The van der Waals surface area contributed by atoms with Gasteiger partial charge < -0.3 is 15.4 Å². The number of nitrogens with one attached hydrogen (secondary N) is 2. The van der Waals surface area contributed by atoms with E-state index in [-0.39, 0.29) is 35.8 Å². The standard InChI is InChI=1S/C11H25N3O3S.HI/c1-5-12-11(14-10(2)9-17-3)13-7-6-8-18(4,15)16;/h10H,5-9H2,1-4H3,(H2,12,13,14);1H. The van der Waals surface area contributed by atoms with E-state index in [2.05, 4.69) is 15.6 Å². The van der Waals surface area contributed by atoms with Gasteiger partial charge in [-0.15, -0.1) is 24.0 Å². The van der Waals surface area contributed by atoms with Crippen LogP contribution in [0.1, 0.15) is 20.3 Å². The second kappa shape index (κ2) is 11.7. The molecule has 2 N–H and O–H groups in total. The summed E-state index contributed by atoms with van der Waals surface area (Å²) in [5.74, 6) is 0.860. The third kappa shape index (κ3) is 14.1. The van der Waals surface area contributed by atoms with Gasteiger partial charge >= 0.3 is 0 Å². The van der Waals surface area contributed by atoms with Crippen LogP contribution in [0.25, 0.3) is 0 Å². The zero-order chi connectivity index (χ0) is 14.0. The van der Waals surface area contributed by atoms with Gasteiger partial charge in [-0.25, -0.2) is 8.42 Å². The molecule has 0 aromatic carbocycles. The van der Waals surface area contributed by atoms with Crippen molar-refractivity contribution in [1.29, 1.82) is 0 Å². The Morgan fingerprint density at radius 2 is 2.05 bits per heavy atom. The van der Waals surface area contributed by atoms with Gasteiger partial charge in [0.25, 0.3) is 0 Å². The Morgan fingerprint density at radius 1 is 1.42 bits per heavy atom. The molecule has 0 bridgehead atoms. The van der Waals surface area contributed by atoms with Gasteiger partial charge in [0.1, 0.15) is 9.84 Å². The molecule has 0 saturated carbocycles. The Hall–Kier alpha value is -0.0900. The van der Waals surface area contributed by atoms with Gasteiger partial charge in [-0.3, -0.25) is 4.99 Å². The van der Waals surface area contributed by atoms with Gasteiger partial charge in [0, 0.05) is 32.5 Å². The van der Waals surface area contributed by atoms with Crippen LogP contribution in [0.2, 0.25) is 0 Å². The van der Waals surface area contributed by atoms with Crippen LogP contribution in [0, 0.1) is 0 Å². The van der Waals surface area contributed by atoms with E-state index in [0.717, 1.165) is 6.54 Å². The zero-order valence-corrected chi connectivity index (χ0v) is 15.2. The molecule has 0 aromatic rings. The topological polar surface area (TPSA) is 79.8 Å². The maximum atomic E-state index is 11.0. The number of nitrogens with zero attached hydrogens (tertiary/aromatic N) is 1. The third-order valence-electron chi connectivity index (χ3n) is 2.09. The fourth-order valence-electron chi connectivity index (χ4n) is 1.36. The second-order valence-corrected chi connectivity index (χ2v) is 6.50. The van der Waals surface area contributed by atoms with Crippen LogP contribution in [0.5, 0.6) is 0 Å². The Bertz CT molecular complexity index is 347. The highest BCUT2D eigenvalue weighted by molar-refractivity contribution is 14.0. The minimum Gasteiger partial charge on any atom is -0.383 e. The van der Waals surface area contributed by atoms with Crippen molar-refractivity contribution in [3.05, 3.63) is 0 Å². The minimum atomic E-state index is -2.90. The average Bonchev–Trinajstić information content (AvgIpc) is 2.23. The summed E-state index contributed by atoms with van der Waals surface area (Å²) in [4.78, 5) is 4.31. The van der Waals surface area contributed by atoms with Crippen molar-refractivity contribution in [2.75, 3.05) is 38.8 Å². The maximum Gasteiger partial charge on any atom is 0.191 e. The molecule has 8 heteroatoms. The number of hydrogen-bond acceptors (Lipinski definition) is 4. The van der Waals surface area contributed by atoms with E-state index in [1.807, 2.05) is 13.8 Å². The van der Waals surface area contributed by atoms with Crippen LogP contribution in [0.15, 0.2) is 4.99 Å². The summed E-state index contributed by atoms with van der Waals surface area (Å²) in [6, 6.07) is 0.155. The number of guanidine groups is 1. The van der Waals surface area contributed by atoms with Crippen LogP contribution in [0.4, 0.5) is 0 Å². The largest absolute Gasteiger partial charge is 0.383 e. The highest BCUT2D eigenvalue weighted by Gasteiger charge is 2.05. The lowest BCUT2D eigenvalue weighted by atomic mass is 10.4. The molecule has 0 heterocycles. The van der Waals surface area contributed by atoms with Crippen molar-refractivity contribution in [1.82, 2.24) is 10.6 Å². The summed E-state index contributed by atoms with van der Waals surface area (Å²) in [5, 5.41) is 6.28. The Kier molecular flexibility index (Phi) is 13.1. The molecule has 0 fully saturated rings. The Morgan fingerprint density at radius 3 is 2.53 bits per heavy atom. The zero-order valence-electron chi connectivity index (χ0n) is 12.1. The summed E-state index contributed by atoms with van der Waals surface area (Å²) in [6.07, 6.45) is 1.77. The first-order valence-corrected chi connectivity index (χ1v) is 8.16. The average molecular weight is 407 g/mol. The number of aliphatic imine (C=N–C) groups is 1. The molecule has 6 nitrogen and oxygen atoms in total. The van der Waals surface area contributed by atoms with Gasteiger partial charge in [0.05, 0.1) is 12.4 Å². The molecular weight excluding hydrogens is 381 g/mol. The van der Waals surface area contributed by atoms with E-state index < -0.39 is 9.84 Å². The smallest absolute Gasteiger partial charge is 0.191 e. The summed E-state index contributed by atoms with van der Waals surface area (Å²) >= 11 is 0. The first kappa shape index (κ1) is 21.2. The predicted octanol–water partition coefficient (Wildman–Crippen LogP) is 0.629. The van der Waals surface area contributed by atoms with Crippen molar-refractivity contribution < 1.29 is 13.2 Å². The van der Waals surface area contributed by atoms with Gasteiger partial charge in [-0.2, -0.15) is 0 Å². The van der Waals surface area contributed by atoms with Gasteiger partial charge in [-0.1, -0.05) is 0 Å². The van der Waals surface area contributed by atoms with Gasteiger partial charge in [0.2, 0.25) is 0 Å². The summed E-state index contributed by atoms with van der Waals surface area (Å²) in [5.41, 5.74) is 0. The SMILES string of the molecule is CCNC(=NCCCS(C)(=O)=O)NC(C)COC.I. The van der Waals surface area contributed by atoms with Crippen molar-refractivity contribution in [3.8, 4) is 0 Å². The minimum absolute atomic E-state index is 0. The molecule has 0 amide bonds. The first-order chi connectivity index (χ1) is 8.39. The van der Waals surface area contributed by atoms with Crippen LogP contribution >= 0.6 is 24.0 Å². The molecule has 0 aliphatic carbocycles. The number of hydrogen-bond donors (Lipinski definition) is 2. The Labute approximate surface area is 133 Å². The lowest BCUT2D eigenvalue weighted by molar-refractivity contribution is 0.179. The molecule has 0 spiro atoms. The predicted molar refractivity (Wildman–Crippen MR) is 90.2 cm³/mol. The molecule has 116 valence electrons. The first-order valence-electron chi connectivity index (χ1n) is 6.10. The molecule has 1 unspecified atom stereocenters. The molecule has 0 saturated heterocycles. The summed E-state index contributed by atoms with van der Waals surface area (Å²) < 4.78 is 27.0. The maximum absolute atomic E-state index is 11.0. The number of halogens is 1. The van der Waals surface area contributed by atoms with Crippen molar-refractivity contribution in [3.63, 3.8) is 0 Å². The molecule has 0 rings (SSSR count). The van der Waals surface area contributed by atoms with E-state index in [4.69, 9.17) is 4.74 Å². The fraction of sp³-hybridized carbons (Fsp3) is 0.909. The van der Waals surface area contributed by atoms with Gasteiger partial charge in [-0.05, 0) is 20.3 Å². The van der Waals surface area contributed by atoms with Crippen molar-refractivity contribution >= 4 is 39.8 Å². The highest BCUT2D eigenvalue weighted by atomic mass is 127. The monoisotopic (exact) mass is 407 g/mol. The van der Waals surface area contributed by atoms with E-state index in [1.165, 1.54) is 6.26 Å². The van der Waals surface area contributed by atoms with Crippen LogP contribution < -0.4 is 10.6 Å². The van der Waals surface area contributed by atoms with Crippen LogP contribution in [0.3, 0.4) is 0 Å². The van der Waals surface area contributed by atoms with Crippen LogP contribution in [-0.2, 0) is 14.6 Å². The lowest BCUT2D eigenvalue weighted by Crippen LogP contribution is -2.44. The molecule has 0 aromatic heterocycles. The van der Waals surface area contributed by atoms with E-state index in [9.17, 15) is 8.42 Å². The quantitative estimate of drug-likeness (QED) is 0.267. The van der Waals surface area contributed by atoms with E-state index >= 15 is 0 Å². The number of sulfone groups is 1. The molecule has 0 aliphatic heterocycles. The van der Waals surface area contributed by atoms with E-state index in [1.54, 1.807) is 7.11 Å². The number of methoxy groups -OCH3 is 1. The molecule has 19 heavy (non-hydrogen) atoms. The number of rotatable bonds is 8. The van der Waals surface area contributed by atoms with Crippen LogP contribution in [-0.4, -0.2) is 59.2 Å². The summed E-state index contributed by atoms with van der Waals surface area (Å²) in [7, 11) is -1.25. The van der Waals surface area contributed by atoms with Gasteiger partial charge in [0.15, 0.2) is 5.96 Å². The normalized spacial score (nSPS) is 13.6. The highest BCUT2D eigenvalue weighted by Crippen LogP contribution is 1.90. The van der Waals surface area contributed by atoms with Crippen molar-refractivity contribution in [2.24, 2.45) is 4.99 Å². The fourth-order valence-corrected chi connectivity index (χ4v) is 2.02. The van der Waals surface area contributed by atoms with E-state index in [0.29, 0.717) is 25.5 Å². The Balaban J connectivity index is 0. The van der Waals surface area contributed by atoms with Crippen molar-refractivity contribution in [2.45, 2.75) is 26.3 Å². The number of ether oxygens (including phenoxy) is 1. The summed E-state index contributed by atoms with van der Waals surface area (Å²) in [6.45, 7) is 5.81. The molecular formula is C11H26IN3O3S. The lowest BCUT2D eigenvalue weighted by Gasteiger charge is -2.16.